The molecule has 0 radical (unpaired) electrons. The largest absolute Gasteiger partial charge is 0.389 e. The predicted octanol–water partition coefficient (Wildman–Crippen LogP) is 2.63. The summed E-state index contributed by atoms with van der Waals surface area (Å²) in [5, 5.41) is 10.9. The highest BCUT2D eigenvalue weighted by Crippen LogP contribution is 2.13. The van der Waals surface area contributed by atoms with Gasteiger partial charge in [-0.15, -0.1) is 0 Å². The first-order valence-corrected chi connectivity index (χ1v) is 8.71. The molecule has 2 rings (SSSR count). The van der Waals surface area contributed by atoms with Crippen molar-refractivity contribution in [1.82, 2.24) is 9.80 Å². The number of nitrogens with zero attached hydrogens (tertiary/aromatic N) is 2. The Hall–Kier alpha value is -0.650. The Balaban J connectivity index is 1.68. The SMILES string of the molecule is CC(C)(C)OC[C@H](O)CN1CCN(Cc2ccc(Cl)cc2)CC1. The third-order valence-electron chi connectivity index (χ3n) is 3.96. The molecular formula is C18H29ClN2O2. The topological polar surface area (TPSA) is 35.9 Å². The number of ether oxygens (including phenoxy) is 1. The molecule has 1 aliphatic heterocycles. The molecule has 0 amide bonds. The molecule has 1 N–H and O–H groups in total. The van der Waals surface area contributed by atoms with Crippen molar-refractivity contribution in [2.45, 2.75) is 39.0 Å². The van der Waals surface area contributed by atoms with Gasteiger partial charge < -0.3 is 9.84 Å². The van der Waals surface area contributed by atoms with Gasteiger partial charge in [0.1, 0.15) is 0 Å². The highest BCUT2D eigenvalue weighted by atomic mass is 35.5. The Bertz CT molecular complexity index is 465. The Morgan fingerprint density at radius 1 is 1.09 bits per heavy atom. The second-order valence-electron chi connectivity index (χ2n) is 7.28. The molecule has 0 aliphatic carbocycles. The van der Waals surface area contributed by atoms with Crippen LogP contribution in [0.15, 0.2) is 24.3 Å². The molecule has 1 saturated heterocycles. The van der Waals surface area contributed by atoms with E-state index in [0.717, 1.165) is 37.7 Å². The zero-order chi connectivity index (χ0) is 16.9. The average Bonchev–Trinajstić information content (AvgIpc) is 2.49. The first-order chi connectivity index (χ1) is 10.8. The van der Waals surface area contributed by atoms with Crippen molar-refractivity contribution in [2.75, 3.05) is 39.3 Å². The van der Waals surface area contributed by atoms with Gasteiger partial charge in [0.25, 0.3) is 0 Å². The van der Waals surface area contributed by atoms with Crippen LogP contribution in [0.3, 0.4) is 0 Å². The van der Waals surface area contributed by atoms with Crippen molar-refractivity contribution in [3.05, 3.63) is 34.9 Å². The second kappa shape index (κ2) is 8.45. The Morgan fingerprint density at radius 3 is 2.22 bits per heavy atom. The lowest BCUT2D eigenvalue weighted by atomic mass is 10.2. The summed E-state index contributed by atoms with van der Waals surface area (Å²) in [6.45, 7) is 12.1. The lowest BCUT2D eigenvalue weighted by Crippen LogP contribution is -2.48. The van der Waals surface area contributed by atoms with Crippen LogP contribution >= 0.6 is 11.6 Å². The van der Waals surface area contributed by atoms with Crippen LogP contribution in [0.4, 0.5) is 0 Å². The predicted molar refractivity (Wildman–Crippen MR) is 94.9 cm³/mol. The van der Waals surface area contributed by atoms with Crippen molar-refractivity contribution in [1.29, 1.82) is 0 Å². The van der Waals surface area contributed by atoms with Gasteiger partial charge in [-0.2, -0.15) is 0 Å². The van der Waals surface area contributed by atoms with Crippen molar-refractivity contribution in [3.63, 3.8) is 0 Å². The maximum atomic E-state index is 10.1. The highest BCUT2D eigenvalue weighted by Gasteiger charge is 2.20. The lowest BCUT2D eigenvalue weighted by Gasteiger charge is -2.36. The summed E-state index contributed by atoms with van der Waals surface area (Å²) in [5.74, 6) is 0. The van der Waals surface area contributed by atoms with E-state index in [9.17, 15) is 5.11 Å². The average molecular weight is 341 g/mol. The smallest absolute Gasteiger partial charge is 0.0900 e. The highest BCUT2D eigenvalue weighted by molar-refractivity contribution is 6.30. The summed E-state index contributed by atoms with van der Waals surface area (Å²) >= 11 is 5.92. The van der Waals surface area contributed by atoms with Gasteiger partial charge in [0.2, 0.25) is 0 Å². The fraction of sp³-hybridized carbons (Fsp3) is 0.667. The van der Waals surface area contributed by atoms with Crippen LogP contribution in [0.2, 0.25) is 5.02 Å². The van der Waals surface area contributed by atoms with Gasteiger partial charge in [-0.1, -0.05) is 23.7 Å². The fourth-order valence-corrected chi connectivity index (χ4v) is 2.80. The fourth-order valence-electron chi connectivity index (χ4n) is 2.67. The summed E-state index contributed by atoms with van der Waals surface area (Å²) in [4.78, 5) is 4.76. The first kappa shape index (κ1) is 18.7. The van der Waals surface area contributed by atoms with E-state index in [1.165, 1.54) is 5.56 Å². The van der Waals surface area contributed by atoms with E-state index >= 15 is 0 Å². The van der Waals surface area contributed by atoms with Crippen LogP contribution in [0.25, 0.3) is 0 Å². The third-order valence-corrected chi connectivity index (χ3v) is 4.21. The van der Waals surface area contributed by atoms with Crippen LogP contribution in [-0.4, -0.2) is 65.9 Å². The van der Waals surface area contributed by atoms with E-state index in [1.807, 2.05) is 32.9 Å². The van der Waals surface area contributed by atoms with Gasteiger partial charge in [0, 0.05) is 44.3 Å². The molecule has 0 aromatic heterocycles. The van der Waals surface area contributed by atoms with E-state index in [2.05, 4.69) is 21.9 Å². The number of aliphatic hydroxyl groups excluding tert-OH is 1. The molecule has 4 nitrogen and oxygen atoms in total. The number of halogens is 1. The summed E-state index contributed by atoms with van der Waals surface area (Å²) < 4.78 is 5.64. The Labute approximate surface area is 145 Å². The summed E-state index contributed by atoms with van der Waals surface area (Å²) in [7, 11) is 0. The summed E-state index contributed by atoms with van der Waals surface area (Å²) in [5.41, 5.74) is 1.10. The molecule has 1 aromatic carbocycles. The molecule has 0 saturated carbocycles. The van der Waals surface area contributed by atoms with Crippen molar-refractivity contribution >= 4 is 11.6 Å². The summed E-state index contributed by atoms with van der Waals surface area (Å²) in [6, 6.07) is 8.06. The molecule has 0 spiro atoms. The molecular weight excluding hydrogens is 312 g/mol. The molecule has 5 heteroatoms. The number of hydrogen-bond donors (Lipinski definition) is 1. The van der Waals surface area contributed by atoms with Crippen LogP contribution in [0, 0.1) is 0 Å². The van der Waals surface area contributed by atoms with Crippen LogP contribution in [-0.2, 0) is 11.3 Å². The maximum Gasteiger partial charge on any atom is 0.0900 e. The maximum absolute atomic E-state index is 10.1. The first-order valence-electron chi connectivity index (χ1n) is 8.33. The quantitative estimate of drug-likeness (QED) is 0.863. The molecule has 1 fully saturated rings. The normalized spacial score (nSPS) is 19.0. The van der Waals surface area contributed by atoms with E-state index in [1.54, 1.807) is 0 Å². The number of aliphatic hydroxyl groups is 1. The zero-order valence-corrected chi connectivity index (χ0v) is 15.2. The Kier molecular flexibility index (Phi) is 6.86. The minimum atomic E-state index is -0.419. The zero-order valence-electron chi connectivity index (χ0n) is 14.5. The molecule has 23 heavy (non-hydrogen) atoms. The van der Waals surface area contributed by atoms with Gasteiger partial charge in [0.15, 0.2) is 0 Å². The van der Waals surface area contributed by atoms with Crippen LogP contribution < -0.4 is 0 Å². The number of rotatable bonds is 6. The lowest BCUT2D eigenvalue weighted by molar-refractivity contribution is -0.0587. The minimum Gasteiger partial charge on any atom is -0.389 e. The van der Waals surface area contributed by atoms with E-state index < -0.39 is 6.10 Å². The molecule has 1 heterocycles. The summed E-state index contributed by atoms with van der Waals surface area (Å²) in [6.07, 6.45) is -0.419. The molecule has 1 atom stereocenters. The molecule has 130 valence electrons. The number of piperazine rings is 1. The molecule has 0 bridgehead atoms. The second-order valence-corrected chi connectivity index (χ2v) is 7.72. The van der Waals surface area contributed by atoms with Gasteiger partial charge in [-0.25, -0.2) is 0 Å². The van der Waals surface area contributed by atoms with Gasteiger partial charge >= 0.3 is 0 Å². The number of benzene rings is 1. The molecule has 1 aromatic rings. The van der Waals surface area contributed by atoms with Crippen LogP contribution in [0.5, 0.6) is 0 Å². The standard InChI is InChI=1S/C18H29ClN2O2/c1-18(2,3)23-14-17(22)13-21-10-8-20(9-11-21)12-15-4-6-16(19)7-5-15/h4-7,17,22H,8-14H2,1-3H3/t17-/m1/s1. The third kappa shape index (κ3) is 7.19. The van der Waals surface area contributed by atoms with Gasteiger partial charge in [-0.05, 0) is 38.5 Å². The van der Waals surface area contributed by atoms with Crippen molar-refractivity contribution < 1.29 is 9.84 Å². The molecule has 0 unspecified atom stereocenters. The van der Waals surface area contributed by atoms with Crippen LogP contribution in [0.1, 0.15) is 26.3 Å². The number of hydrogen-bond acceptors (Lipinski definition) is 4. The van der Waals surface area contributed by atoms with Crippen molar-refractivity contribution in [2.24, 2.45) is 0 Å². The van der Waals surface area contributed by atoms with E-state index in [4.69, 9.17) is 16.3 Å². The van der Waals surface area contributed by atoms with E-state index in [-0.39, 0.29) is 5.60 Å². The Morgan fingerprint density at radius 2 is 1.65 bits per heavy atom. The monoisotopic (exact) mass is 340 g/mol. The van der Waals surface area contributed by atoms with Gasteiger partial charge in [-0.3, -0.25) is 9.80 Å². The number of β-amino-alcohol motifs (C(OH)–C–C–N with tert-alkyl or cyclic N) is 1. The van der Waals surface area contributed by atoms with Gasteiger partial charge in [0.05, 0.1) is 18.3 Å². The van der Waals surface area contributed by atoms with E-state index in [0.29, 0.717) is 13.2 Å². The molecule has 1 aliphatic rings. The van der Waals surface area contributed by atoms with Crippen molar-refractivity contribution in [3.8, 4) is 0 Å². The minimum absolute atomic E-state index is 0.196.